The van der Waals surface area contributed by atoms with Gasteiger partial charge in [0, 0.05) is 34.9 Å². The zero-order valence-corrected chi connectivity index (χ0v) is 16.1. The predicted octanol–water partition coefficient (Wildman–Crippen LogP) is 3.66. The normalized spacial score (nSPS) is 21.4. The molecular weight excluding hydrogens is 367 g/mol. The van der Waals surface area contributed by atoms with Gasteiger partial charge in [-0.05, 0) is 24.0 Å². The molecule has 2 N–H and O–H groups in total. The lowest BCUT2D eigenvalue weighted by atomic mass is 9.81. The Morgan fingerprint density at radius 2 is 1.79 bits per heavy atom. The second kappa shape index (κ2) is 6.81. The van der Waals surface area contributed by atoms with Crippen molar-refractivity contribution in [2.75, 3.05) is 13.1 Å². The fraction of sp³-hybridized carbons (Fsp3) is 0.412. The summed E-state index contributed by atoms with van der Waals surface area (Å²) in [5, 5.41) is 1.97. The molecule has 132 valence electrons. The molecule has 0 aromatic heterocycles. The topological polar surface area (TPSA) is 63.4 Å². The molecule has 24 heavy (non-hydrogen) atoms. The molecule has 1 heterocycles. The number of benzene rings is 2. The van der Waals surface area contributed by atoms with Crippen LogP contribution in [0.4, 0.5) is 0 Å². The van der Waals surface area contributed by atoms with Gasteiger partial charge >= 0.3 is 0 Å². The quantitative estimate of drug-likeness (QED) is 0.853. The van der Waals surface area contributed by atoms with Crippen LogP contribution >= 0.6 is 24.0 Å². The smallest absolute Gasteiger partial charge is 0.243 e. The Morgan fingerprint density at radius 3 is 2.42 bits per heavy atom. The highest BCUT2D eigenvalue weighted by molar-refractivity contribution is 7.89. The van der Waals surface area contributed by atoms with Crippen molar-refractivity contribution < 1.29 is 8.42 Å². The largest absolute Gasteiger partial charge is 0.327 e. The molecule has 1 aliphatic rings. The summed E-state index contributed by atoms with van der Waals surface area (Å²) in [6.45, 7) is 4.90. The molecule has 1 unspecified atom stereocenters. The number of nitrogens with two attached hydrogens (primary N) is 1. The van der Waals surface area contributed by atoms with Crippen LogP contribution in [0.2, 0.25) is 5.02 Å². The molecule has 1 saturated heterocycles. The molecule has 2 aromatic carbocycles. The molecular formula is C17H22Cl2N2O2S. The molecule has 7 heteroatoms. The van der Waals surface area contributed by atoms with E-state index >= 15 is 0 Å². The van der Waals surface area contributed by atoms with Crippen molar-refractivity contribution in [3.05, 3.63) is 41.4 Å². The predicted molar refractivity (Wildman–Crippen MR) is 101 cm³/mol. The minimum atomic E-state index is -3.58. The summed E-state index contributed by atoms with van der Waals surface area (Å²) >= 11 is 6.20. The lowest BCUT2D eigenvalue weighted by Crippen LogP contribution is -2.53. The van der Waals surface area contributed by atoms with E-state index in [1.807, 2.05) is 32.0 Å². The molecule has 1 aliphatic heterocycles. The SMILES string of the molecule is CC1(C)CN(S(=O)(=O)c2ccc(Cl)c3ccccc23)CCC1N.Cl. The van der Waals surface area contributed by atoms with Crippen molar-refractivity contribution in [2.24, 2.45) is 11.1 Å². The summed E-state index contributed by atoms with van der Waals surface area (Å²) in [5.74, 6) is 0. The fourth-order valence-electron chi connectivity index (χ4n) is 3.13. The van der Waals surface area contributed by atoms with Gasteiger partial charge in [0.15, 0.2) is 0 Å². The molecule has 4 nitrogen and oxygen atoms in total. The van der Waals surface area contributed by atoms with Gasteiger partial charge in [0.2, 0.25) is 10.0 Å². The molecule has 0 aliphatic carbocycles. The van der Waals surface area contributed by atoms with Crippen LogP contribution in [0.5, 0.6) is 0 Å². The van der Waals surface area contributed by atoms with Crippen molar-refractivity contribution >= 4 is 44.8 Å². The third kappa shape index (κ3) is 3.28. The first kappa shape index (κ1) is 19.5. The Balaban J connectivity index is 0.00000208. The van der Waals surface area contributed by atoms with E-state index in [9.17, 15) is 8.42 Å². The molecule has 2 aromatic rings. The van der Waals surface area contributed by atoms with Crippen LogP contribution in [-0.4, -0.2) is 31.9 Å². The molecule has 1 fully saturated rings. The van der Waals surface area contributed by atoms with E-state index in [4.69, 9.17) is 17.3 Å². The van der Waals surface area contributed by atoms with Crippen molar-refractivity contribution in [2.45, 2.75) is 31.2 Å². The maximum Gasteiger partial charge on any atom is 0.243 e. The Bertz CT molecular complexity index is 853. The third-order valence-electron chi connectivity index (χ3n) is 4.73. The molecule has 3 rings (SSSR count). The number of rotatable bonds is 2. The summed E-state index contributed by atoms with van der Waals surface area (Å²) in [7, 11) is -3.58. The van der Waals surface area contributed by atoms with Crippen LogP contribution in [0.1, 0.15) is 20.3 Å². The minimum Gasteiger partial charge on any atom is -0.327 e. The van der Waals surface area contributed by atoms with E-state index < -0.39 is 10.0 Å². The van der Waals surface area contributed by atoms with E-state index in [1.165, 1.54) is 0 Å². The Labute approximate surface area is 154 Å². The molecule has 0 saturated carbocycles. The van der Waals surface area contributed by atoms with Crippen LogP contribution in [0, 0.1) is 5.41 Å². The van der Waals surface area contributed by atoms with E-state index in [2.05, 4.69) is 0 Å². The maximum atomic E-state index is 13.1. The zero-order valence-electron chi connectivity index (χ0n) is 13.7. The number of hydrogen-bond donors (Lipinski definition) is 1. The first-order valence-electron chi connectivity index (χ1n) is 7.66. The van der Waals surface area contributed by atoms with Gasteiger partial charge in [0.05, 0.1) is 4.90 Å². The van der Waals surface area contributed by atoms with Gasteiger partial charge in [-0.3, -0.25) is 0 Å². The Morgan fingerprint density at radius 1 is 1.17 bits per heavy atom. The summed E-state index contributed by atoms with van der Waals surface area (Å²) in [6.07, 6.45) is 0.664. The lowest BCUT2D eigenvalue weighted by Gasteiger charge is -2.41. The highest BCUT2D eigenvalue weighted by Crippen LogP contribution is 2.35. The maximum absolute atomic E-state index is 13.1. The first-order valence-corrected chi connectivity index (χ1v) is 9.48. The number of fused-ring (bicyclic) bond motifs is 1. The monoisotopic (exact) mass is 388 g/mol. The van der Waals surface area contributed by atoms with E-state index in [0.29, 0.717) is 34.8 Å². The average molecular weight is 389 g/mol. The van der Waals surface area contributed by atoms with Crippen molar-refractivity contribution in [3.63, 3.8) is 0 Å². The average Bonchev–Trinajstić information content (AvgIpc) is 2.50. The first-order chi connectivity index (χ1) is 10.7. The highest BCUT2D eigenvalue weighted by atomic mass is 35.5. The second-order valence-corrected chi connectivity index (χ2v) is 9.13. The molecule has 0 spiro atoms. The second-order valence-electron chi connectivity index (χ2n) is 6.81. The minimum absolute atomic E-state index is 0. The third-order valence-corrected chi connectivity index (χ3v) is 6.96. The highest BCUT2D eigenvalue weighted by Gasteiger charge is 2.39. The van der Waals surface area contributed by atoms with Gasteiger partial charge in [-0.15, -0.1) is 12.4 Å². The van der Waals surface area contributed by atoms with Crippen LogP contribution in [0.25, 0.3) is 10.8 Å². The number of piperidine rings is 1. The van der Waals surface area contributed by atoms with Crippen LogP contribution in [0.3, 0.4) is 0 Å². The van der Waals surface area contributed by atoms with Crippen LogP contribution < -0.4 is 5.73 Å². The van der Waals surface area contributed by atoms with E-state index in [-0.39, 0.29) is 23.9 Å². The summed E-state index contributed by atoms with van der Waals surface area (Å²) in [6, 6.07) is 10.6. The molecule has 1 atom stereocenters. The van der Waals surface area contributed by atoms with E-state index in [0.717, 1.165) is 5.39 Å². The fourth-order valence-corrected chi connectivity index (χ4v) is 5.18. The van der Waals surface area contributed by atoms with Gasteiger partial charge in [-0.1, -0.05) is 49.7 Å². The van der Waals surface area contributed by atoms with Crippen LogP contribution in [0.15, 0.2) is 41.3 Å². The molecule has 0 amide bonds. The van der Waals surface area contributed by atoms with Crippen molar-refractivity contribution in [3.8, 4) is 0 Å². The van der Waals surface area contributed by atoms with Gasteiger partial charge in [-0.25, -0.2) is 8.42 Å². The van der Waals surface area contributed by atoms with Gasteiger partial charge in [0.1, 0.15) is 0 Å². The van der Waals surface area contributed by atoms with Crippen molar-refractivity contribution in [1.29, 1.82) is 0 Å². The Kier molecular flexibility index (Phi) is 5.52. The van der Waals surface area contributed by atoms with E-state index in [1.54, 1.807) is 22.5 Å². The molecule has 0 bridgehead atoms. The summed E-state index contributed by atoms with van der Waals surface area (Å²) < 4.78 is 27.8. The number of halogens is 2. The number of nitrogens with zero attached hydrogens (tertiary/aromatic N) is 1. The van der Waals surface area contributed by atoms with Crippen LogP contribution in [-0.2, 0) is 10.0 Å². The number of hydrogen-bond acceptors (Lipinski definition) is 3. The Hall–Kier alpha value is -0.850. The summed E-state index contributed by atoms with van der Waals surface area (Å²) in [4.78, 5) is 0.309. The summed E-state index contributed by atoms with van der Waals surface area (Å²) in [5.41, 5.74) is 5.89. The number of sulfonamides is 1. The lowest BCUT2D eigenvalue weighted by molar-refractivity contribution is 0.155. The van der Waals surface area contributed by atoms with Crippen molar-refractivity contribution in [1.82, 2.24) is 4.31 Å². The zero-order chi connectivity index (χ0) is 16.8. The molecule has 0 radical (unpaired) electrons. The van der Waals surface area contributed by atoms with Gasteiger partial charge in [-0.2, -0.15) is 4.31 Å². The standard InChI is InChI=1S/C17H21ClN2O2S.ClH/c1-17(2)11-20(10-9-16(17)19)23(21,22)15-8-7-14(18)12-5-3-4-6-13(12)15;/h3-8,16H,9-11,19H2,1-2H3;1H. The van der Waals surface area contributed by atoms with Gasteiger partial charge in [0.25, 0.3) is 0 Å². The van der Waals surface area contributed by atoms with Gasteiger partial charge < -0.3 is 5.73 Å².